The lowest BCUT2D eigenvalue weighted by molar-refractivity contribution is 0.600. The summed E-state index contributed by atoms with van der Waals surface area (Å²) in [6.07, 6.45) is 4.08. The molecule has 1 aromatic rings. The molecule has 0 aromatic heterocycles. The summed E-state index contributed by atoms with van der Waals surface area (Å²) in [7, 11) is 0. The van der Waals surface area contributed by atoms with Gasteiger partial charge >= 0.3 is 0 Å². The van der Waals surface area contributed by atoms with Gasteiger partial charge in [0.2, 0.25) is 0 Å². The molecule has 0 bridgehead atoms. The highest BCUT2D eigenvalue weighted by atomic mass is 15.0. The summed E-state index contributed by atoms with van der Waals surface area (Å²) < 4.78 is 0. The molecule has 0 radical (unpaired) electrons. The van der Waals surface area contributed by atoms with Crippen LogP contribution in [0.4, 0.5) is 0 Å². The van der Waals surface area contributed by atoms with Crippen molar-refractivity contribution in [1.82, 2.24) is 10.6 Å². The molecule has 2 atom stereocenters. The maximum atomic E-state index is 3.63. The maximum absolute atomic E-state index is 3.63. The molecule has 2 N–H and O–H groups in total. The SMILES string of the molecule is c1ccc(C2C[C@@H]2NCCNC2CC2)cc1. The van der Waals surface area contributed by atoms with Crippen LogP contribution in [0.2, 0.25) is 0 Å². The molecule has 0 amide bonds. The highest BCUT2D eigenvalue weighted by Gasteiger charge is 2.37. The number of rotatable bonds is 6. The van der Waals surface area contributed by atoms with E-state index in [0.29, 0.717) is 0 Å². The number of hydrogen-bond acceptors (Lipinski definition) is 2. The zero-order valence-corrected chi connectivity index (χ0v) is 9.65. The third-order valence-corrected chi connectivity index (χ3v) is 3.56. The van der Waals surface area contributed by atoms with Gasteiger partial charge in [-0.3, -0.25) is 0 Å². The van der Waals surface area contributed by atoms with Crippen LogP contribution in [0.15, 0.2) is 30.3 Å². The van der Waals surface area contributed by atoms with Gasteiger partial charge in [0.25, 0.3) is 0 Å². The molecule has 2 aliphatic rings. The Morgan fingerprint density at radius 3 is 2.50 bits per heavy atom. The smallest absolute Gasteiger partial charge is 0.0143 e. The van der Waals surface area contributed by atoms with Gasteiger partial charge in [-0.2, -0.15) is 0 Å². The number of hydrogen-bond donors (Lipinski definition) is 2. The second-order valence-corrected chi connectivity index (χ2v) is 5.04. The summed E-state index contributed by atoms with van der Waals surface area (Å²) in [5, 5.41) is 7.16. The van der Waals surface area contributed by atoms with Gasteiger partial charge < -0.3 is 10.6 Å². The van der Waals surface area contributed by atoms with E-state index in [9.17, 15) is 0 Å². The molecule has 86 valence electrons. The van der Waals surface area contributed by atoms with E-state index in [-0.39, 0.29) is 0 Å². The number of nitrogens with one attached hydrogen (secondary N) is 2. The molecule has 2 aliphatic carbocycles. The quantitative estimate of drug-likeness (QED) is 0.710. The highest BCUT2D eigenvalue weighted by molar-refractivity contribution is 5.27. The van der Waals surface area contributed by atoms with Crippen molar-refractivity contribution >= 4 is 0 Å². The van der Waals surface area contributed by atoms with Gasteiger partial charge in [0, 0.05) is 31.1 Å². The summed E-state index contributed by atoms with van der Waals surface area (Å²) in [5.74, 6) is 0.766. The van der Waals surface area contributed by atoms with Gasteiger partial charge in [0.05, 0.1) is 0 Å². The van der Waals surface area contributed by atoms with Gasteiger partial charge in [-0.05, 0) is 24.8 Å². The van der Waals surface area contributed by atoms with Crippen LogP contribution in [0, 0.1) is 0 Å². The van der Waals surface area contributed by atoms with Crippen LogP contribution >= 0.6 is 0 Å². The third kappa shape index (κ3) is 2.63. The zero-order chi connectivity index (χ0) is 10.8. The Kier molecular flexibility index (Phi) is 2.94. The van der Waals surface area contributed by atoms with E-state index in [2.05, 4.69) is 41.0 Å². The summed E-state index contributed by atoms with van der Waals surface area (Å²) in [4.78, 5) is 0. The highest BCUT2D eigenvalue weighted by Crippen LogP contribution is 2.40. The van der Waals surface area contributed by atoms with Crippen molar-refractivity contribution < 1.29 is 0 Å². The molecule has 0 saturated heterocycles. The topological polar surface area (TPSA) is 24.1 Å². The van der Waals surface area contributed by atoms with Crippen molar-refractivity contribution in [2.24, 2.45) is 0 Å². The maximum Gasteiger partial charge on any atom is 0.0143 e. The van der Waals surface area contributed by atoms with E-state index in [0.717, 1.165) is 31.1 Å². The van der Waals surface area contributed by atoms with Crippen LogP contribution in [0.3, 0.4) is 0 Å². The predicted molar refractivity (Wildman–Crippen MR) is 66.6 cm³/mol. The third-order valence-electron chi connectivity index (χ3n) is 3.56. The lowest BCUT2D eigenvalue weighted by Gasteiger charge is -2.05. The van der Waals surface area contributed by atoms with E-state index in [1.54, 1.807) is 0 Å². The first-order chi connectivity index (χ1) is 7.93. The normalized spacial score (nSPS) is 28.0. The summed E-state index contributed by atoms with van der Waals surface area (Å²) in [5.41, 5.74) is 1.50. The van der Waals surface area contributed by atoms with Gasteiger partial charge in [0.1, 0.15) is 0 Å². The first kappa shape index (κ1) is 10.3. The molecule has 2 saturated carbocycles. The fraction of sp³-hybridized carbons (Fsp3) is 0.571. The zero-order valence-electron chi connectivity index (χ0n) is 9.65. The second kappa shape index (κ2) is 4.56. The molecule has 1 unspecified atom stereocenters. The molecule has 1 aromatic carbocycles. The minimum Gasteiger partial charge on any atom is -0.313 e. The largest absolute Gasteiger partial charge is 0.313 e. The van der Waals surface area contributed by atoms with E-state index in [1.165, 1.54) is 24.8 Å². The van der Waals surface area contributed by atoms with Crippen molar-refractivity contribution in [2.45, 2.75) is 37.3 Å². The fourth-order valence-electron chi connectivity index (χ4n) is 2.31. The van der Waals surface area contributed by atoms with Crippen molar-refractivity contribution in [1.29, 1.82) is 0 Å². The van der Waals surface area contributed by atoms with Crippen molar-refractivity contribution in [3.8, 4) is 0 Å². The van der Waals surface area contributed by atoms with Crippen LogP contribution in [-0.2, 0) is 0 Å². The summed E-state index contributed by atoms with van der Waals surface area (Å²) in [6.45, 7) is 2.24. The van der Waals surface area contributed by atoms with Crippen LogP contribution in [0.5, 0.6) is 0 Å². The average molecular weight is 216 g/mol. The molecule has 2 fully saturated rings. The van der Waals surface area contributed by atoms with Crippen molar-refractivity contribution in [3.05, 3.63) is 35.9 Å². The van der Waals surface area contributed by atoms with E-state index >= 15 is 0 Å². The predicted octanol–water partition coefficient (Wildman–Crippen LogP) is 1.88. The first-order valence-electron chi connectivity index (χ1n) is 6.45. The van der Waals surface area contributed by atoms with E-state index < -0.39 is 0 Å². The molecule has 0 spiro atoms. The average Bonchev–Trinajstić information content (AvgIpc) is 3.21. The Hall–Kier alpha value is -0.860. The van der Waals surface area contributed by atoms with Crippen LogP contribution < -0.4 is 10.6 Å². The first-order valence-corrected chi connectivity index (χ1v) is 6.45. The minimum absolute atomic E-state index is 0.725. The molecule has 3 rings (SSSR count). The lowest BCUT2D eigenvalue weighted by atomic mass is 10.1. The van der Waals surface area contributed by atoms with Gasteiger partial charge in [-0.15, -0.1) is 0 Å². The molecule has 2 heteroatoms. The summed E-state index contributed by atoms with van der Waals surface area (Å²) in [6, 6.07) is 12.4. The molecule has 16 heavy (non-hydrogen) atoms. The molecule has 2 nitrogen and oxygen atoms in total. The molecular weight excluding hydrogens is 196 g/mol. The standard InChI is InChI=1S/C14H20N2/c1-2-4-11(5-3-1)13-10-14(13)16-9-8-15-12-6-7-12/h1-5,12-16H,6-10H2/t13?,14-/m0/s1. The van der Waals surface area contributed by atoms with Gasteiger partial charge in [-0.25, -0.2) is 0 Å². The Balaban J connectivity index is 1.36. The van der Waals surface area contributed by atoms with E-state index in [1.807, 2.05) is 0 Å². The Morgan fingerprint density at radius 1 is 1.00 bits per heavy atom. The Morgan fingerprint density at radius 2 is 1.75 bits per heavy atom. The van der Waals surface area contributed by atoms with Crippen LogP contribution in [0.1, 0.15) is 30.7 Å². The second-order valence-electron chi connectivity index (χ2n) is 5.04. The fourth-order valence-corrected chi connectivity index (χ4v) is 2.31. The van der Waals surface area contributed by atoms with E-state index in [4.69, 9.17) is 0 Å². The van der Waals surface area contributed by atoms with Crippen LogP contribution in [-0.4, -0.2) is 25.2 Å². The lowest BCUT2D eigenvalue weighted by Crippen LogP contribution is -2.30. The molecule has 0 heterocycles. The monoisotopic (exact) mass is 216 g/mol. The Bertz CT molecular complexity index is 332. The van der Waals surface area contributed by atoms with Crippen molar-refractivity contribution in [3.63, 3.8) is 0 Å². The Labute approximate surface area is 97.4 Å². The number of benzene rings is 1. The van der Waals surface area contributed by atoms with Crippen LogP contribution in [0.25, 0.3) is 0 Å². The van der Waals surface area contributed by atoms with Gasteiger partial charge in [-0.1, -0.05) is 30.3 Å². The van der Waals surface area contributed by atoms with Gasteiger partial charge in [0.15, 0.2) is 0 Å². The summed E-state index contributed by atoms with van der Waals surface area (Å²) >= 11 is 0. The minimum atomic E-state index is 0.725. The van der Waals surface area contributed by atoms with Crippen molar-refractivity contribution in [2.75, 3.05) is 13.1 Å². The molecule has 0 aliphatic heterocycles. The molecular formula is C14H20N2.